The molecule has 0 aromatic heterocycles. The number of ether oxygens (including phenoxy) is 1. The summed E-state index contributed by atoms with van der Waals surface area (Å²) < 4.78 is 19.1. The number of hydrogen-bond donors (Lipinski definition) is 1. The Balaban J connectivity index is 2.29. The van der Waals surface area contributed by atoms with Crippen molar-refractivity contribution in [2.45, 2.75) is 31.3 Å². The maximum atomic E-state index is 13.9. The van der Waals surface area contributed by atoms with Crippen LogP contribution in [0, 0.1) is 5.82 Å². The number of hydrogen-bond acceptors (Lipinski definition) is 3. The molecule has 1 aromatic rings. The van der Waals surface area contributed by atoms with Crippen LogP contribution in [0.5, 0.6) is 5.75 Å². The molecule has 0 bridgehead atoms. The fourth-order valence-corrected chi connectivity index (χ4v) is 2.52. The second kappa shape index (κ2) is 4.86. The zero-order valence-corrected chi connectivity index (χ0v) is 11.2. The van der Waals surface area contributed by atoms with Gasteiger partial charge in [0.25, 0.3) is 0 Å². The van der Waals surface area contributed by atoms with E-state index in [1.54, 1.807) is 12.1 Å². The van der Waals surface area contributed by atoms with Crippen LogP contribution in [0.1, 0.15) is 31.4 Å². The third-order valence-electron chi connectivity index (χ3n) is 3.46. The third-order valence-corrected chi connectivity index (χ3v) is 3.46. The third kappa shape index (κ3) is 2.49. The molecule has 1 atom stereocenters. The van der Waals surface area contributed by atoms with E-state index in [9.17, 15) is 4.39 Å². The molecule has 0 radical (unpaired) electrons. The van der Waals surface area contributed by atoms with Gasteiger partial charge in [0.2, 0.25) is 0 Å². The maximum Gasteiger partial charge on any atom is 0.165 e. The molecular weight excluding hydrogens is 231 g/mol. The van der Waals surface area contributed by atoms with Crippen LogP contribution < -0.4 is 10.5 Å². The molecule has 18 heavy (non-hydrogen) atoms. The summed E-state index contributed by atoms with van der Waals surface area (Å²) in [7, 11) is 3.96. The fourth-order valence-electron chi connectivity index (χ4n) is 2.52. The van der Waals surface area contributed by atoms with E-state index in [1.165, 1.54) is 0 Å². The first-order valence-electron chi connectivity index (χ1n) is 6.35. The lowest BCUT2D eigenvalue weighted by Gasteiger charge is -2.30. The smallest absolute Gasteiger partial charge is 0.165 e. The Bertz CT molecular complexity index is 430. The van der Waals surface area contributed by atoms with Gasteiger partial charge in [-0.3, -0.25) is 0 Å². The Morgan fingerprint density at radius 2 is 2.11 bits per heavy atom. The topological polar surface area (TPSA) is 38.5 Å². The van der Waals surface area contributed by atoms with Crippen molar-refractivity contribution in [3.8, 4) is 5.75 Å². The molecular formula is C14H21FN2O. The SMILES string of the molecule is CCOc1ccc(C(N(C)C)C2(N)CC2)cc1F. The molecule has 0 amide bonds. The van der Waals surface area contributed by atoms with Crippen LogP contribution in [-0.4, -0.2) is 31.1 Å². The van der Waals surface area contributed by atoms with E-state index in [0.29, 0.717) is 12.4 Å². The Morgan fingerprint density at radius 1 is 1.44 bits per heavy atom. The minimum atomic E-state index is -0.314. The number of nitrogens with two attached hydrogens (primary N) is 1. The molecule has 1 aromatic carbocycles. The zero-order valence-electron chi connectivity index (χ0n) is 11.2. The van der Waals surface area contributed by atoms with E-state index in [4.69, 9.17) is 10.5 Å². The van der Waals surface area contributed by atoms with E-state index >= 15 is 0 Å². The number of rotatable bonds is 5. The number of nitrogens with zero attached hydrogens (tertiary/aromatic N) is 1. The van der Waals surface area contributed by atoms with Gasteiger partial charge in [-0.2, -0.15) is 0 Å². The molecule has 1 unspecified atom stereocenters. The van der Waals surface area contributed by atoms with E-state index in [2.05, 4.69) is 4.90 Å². The molecule has 4 heteroatoms. The number of halogens is 1. The number of likely N-dealkylation sites (N-methyl/N-ethyl adjacent to an activating group) is 1. The summed E-state index contributed by atoms with van der Waals surface area (Å²) >= 11 is 0. The van der Waals surface area contributed by atoms with Crippen molar-refractivity contribution in [2.75, 3.05) is 20.7 Å². The van der Waals surface area contributed by atoms with E-state index in [1.807, 2.05) is 27.1 Å². The first-order valence-corrected chi connectivity index (χ1v) is 6.35. The lowest BCUT2D eigenvalue weighted by atomic mass is 9.96. The van der Waals surface area contributed by atoms with Crippen LogP contribution in [0.25, 0.3) is 0 Å². The molecule has 0 aliphatic heterocycles. The monoisotopic (exact) mass is 252 g/mol. The predicted molar refractivity (Wildman–Crippen MR) is 70.1 cm³/mol. The Hall–Kier alpha value is -1.13. The first kappa shape index (κ1) is 13.3. The van der Waals surface area contributed by atoms with Crippen LogP contribution in [0.15, 0.2) is 18.2 Å². The molecule has 1 saturated carbocycles. The van der Waals surface area contributed by atoms with Gasteiger partial charge in [-0.25, -0.2) is 4.39 Å². The van der Waals surface area contributed by atoms with Crippen molar-refractivity contribution >= 4 is 0 Å². The van der Waals surface area contributed by atoms with Crippen molar-refractivity contribution in [1.29, 1.82) is 0 Å². The molecule has 1 fully saturated rings. The molecule has 100 valence electrons. The van der Waals surface area contributed by atoms with Gasteiger partial charge in [0.15, 0.2) is 11.6 Å². The Labute approximate surface area is 108 Å². The number of benzene rings is 1. The highest BCUT2D eigenvalue weighted by Gasteiger charge is 2.47. The van der Waals surface area contributed by atoms with Gasteiger partial charge in [-0.15, -0.1) is 0 Å². The highest BCUT2D eigenvalue weighted by atomic mass is 19.1. The highest BCUT2D eigenvalue weighted by Crippen LogP contribution is 2.46. The lowest BCUT2D eigenvalue weighted by Crippen LogP contribution is -2.39. The zero-order chi connectivity index (χ0) is 13.3. The molecule has 0 heterocycles. The van der Waals surface area contributed by atoms with Gasteiger partial charge in [0, 0.05) is 5.54 Å². The van der Waals surface area contributed by atoms with Gasteiger partial charge in [0.1, 0.15) is 0 Å². The van der Waals surface area contributed by atoms with Crippen molar-refractivity contribution < 1.29 is 9.13 Å². The summed E-state index contributed by atoms with van der Waals surface area (Å²) in [5, 5.41) is 0. The lowest BCUT2D eigenvalue weighted by molar-refractivity contribution is 0.244. The fraction of sp³-hybridized carbons (Fsp3) is 0.571. The summed E-state index contributed by atoms with van der Waals surface area (Å²) in [6, 6.07) is 5.20. The summed E-state index contributed by atoms with van der Waals surface area (Å²) in [6.45, 7) is 2.31. The standard InChI is InChI=1S/C14H21FN2O/c1-4-18-12-6-5-10(9-11(12)15)13(17(2)3)14(16)7-8-14/h5-6,9,13H,4,7-8,16H2,1-3H3. The van der Waals surface area contributed by atoms with Crippen LogP contribution in [-0.2, 0) is 0 Å². The summed E-state index contributed by atoms with van der Waals surface area (Å²) in [5.41, 5.74) is 6.99. The van der Waals surface area contributed by atoms with Crippen LogP contribution in [0.4, 0.5) is 4.39 Å². The van der Waals surface area contributed by atoms with Gasteiger partial charge in [-0.1, -0.05) is 6.07 Å². The summed E-state index contributed by atoms with van der Waals surface area (Å²) in [6.07, 6.45) is 1.98. The van der Waals surface area contributed by atoms with E-state index < -0.39 is 0 Å². The molecule has 0 saturated heterocycles. The second-order valence-corrected chi connectivity index (χ2v) is 5.22. The van der Waals surface area contributed by atoms with Gasteiger partial charge >= 0.3 is 0 Å². The van der Waals surface area contributed by atoms with E-state index in [0.717, 1.165) is 18.4 Å². The van der Waals surface area contributed by atoms with Gasteiger partial charge in [0.05, 0.1) is 12.6 Å². The van der Waals surface area contributed by atoms with Crippen molar-refractivity contribution in [3.05, 3.63) is 29.6 Å². The van der Waals surface area contributed by atoms with Crippen LogP contribution in [0.2, 0.25) is 0 Å². The van der Waals surface area contributed by atoms with Crippen LogP contribution in [0.3, 0.4) is 0 Å². The normalized spacial score (nSPS) is 18.8. The van der Waals surface area contributed by atoms with Gasteiger partial charge < -0.3 is 15.4 Å². The average Bonchev–Trinajstić information content (AvgIpc) is 3.01. The average molecular weight is 252 g/mol. The minimum Gasteiger partial charge on any atom is -0.491 e. The Kier molecular flexibility index (Phi) is 3.59. The molecule has 1 aliphatic carbocycles. The minimum absolute atomic E-state index is 0.0580. The predicted octanol–water partition coefficient (Wildman–Crippen LogP) is 2.32. The van der Waals surface area contributed by atoms with Crippen molar-refractivity contribution in [2.24, 2.45) is 5.73 Å². The van der Waals surface area contributed by atoms with Gasteiger partial charge in [-0.05, 0) is 51.6 Å². The summed E-state index contributed by atoms with van der Waals surface area (Å²) in [5.74, 6) is -0.00826. The second-order valence-electron chi connectivity index (χ2n) is 5.22. The first-order chi connectivity index (χ1) is 8.48. The molecule has 1 aliphatic rings. The quantitative estimate of drug-likeness (QED) is 0.874. The molecule has 2 N–H and O–H groups in total. The molecule has 0 spiro atoms. The van der Waals surface area contributed by atoms with E-state index in [-0.39, 0.29) is 17.4 Å². The van der Waals surface area contributed by atoms with Crippen LogP contribution >= 0.6 is 0 Å². The van der Waals surface area contributed by atoms with Crippen molar-refractivity contribution in [1.82, 2.24) is 4.90 Å². The largest absolute Gasteiger partial charge is 0.491 e. The molecule has 3 nitrogen and oxygen atoms in total. The highest BCUT2D eigenvalue weighted by molar-refractivity contribution is 5.34. The van der Waals surface area contributed by atoms with Crippen molar-refractivity contribution in [3.63, 3.8) is 0 Å². The molecule has 2 rings (SSSR count). The maximum absolute atomic E-state index is 13.9. The summed E-state index contributed by atoms with van der Waals surface area (Å²) in [4.78, 5) is 2.06. The Morgan fingerprint density at radius 3 is 2.56 bits per heavy atom.